The van der Waals surface area contributed by atoms with Gasteiger partial charge in [0.15, 0.2) is 11.6 Å². The minimum atomic E-state index is -0.563. The van der Waals surface area contributed by atoms with Crippen LogP contribution < -0.4 is 5.32 Å². The van der Waals surface area contributed by atoms with Crippen molar-refractivity contribution < 1.29 is 9.18 Å². The number of carbonyl (C=O) groups excluding carboxylic acids is 1. The molecule has 0 aliphatic heterocycles. The lowest BCUT2D eigenvalue weighted by atomic mass is 10.0. The molecule has 1 N–H and O–H groups in total. The predicted molar refractivity (Wildman–Crippen MR) is 84.0 cm³/mol. The molecule has 0 fully saturated rings. The van der Waals surface area contributed by atoms with E-state index in [4.69, 9.17) is 0 Å². The summed E-state index contributed by atoms with van der Waals surface area (Å²) < 4.78 is 14.3. The summed E-state index contributed by atoms with van der Waals surface area (Å²) in [5, 5.41) is 2.83. The van der Waals surface area contributed by atoms with Crippen LogP contribution in [-0.2, 0) is 0 Å². The Kier molecular flexibility index (Phi) is 7.12. The van der Waals surface area contributed by atoms with E-state index in [0.29, 0.717) is 25.6 Å². The van der Waals surface area contributed by atoms with Gasteiger partial charge in [-0.3, -0.25) is 4.79 Å². The third-order valence-electron chi connectivity index (χ3n) is 3.77. The first-order chi connectivity index (χ1) is 10.1. The maximum Gasteiger partial charge on any atom is 0.257 e. The van der Waals surface area contributed by atoms with E-state index in [-0.39, 0.29) is 17.3 Å². The van der Waals surface area contributed by atoms with Gasteiger partial charge in [0.2, 0.25) is 0 Å². The number of carbonyl (C=O) groups is 1. The van der Waals surface area contributed by atoms with Gasteiger partial charge >= 0.3 is 0 Å². The number of hydrogen-bond donors (Lipinski definition) is 1. The molecule has 0 saturated heterocycles. The first kappa shape index (κ1) is 17.4. The van der Waals surface area contributed by atoms with E-state index in [1.807, 2.05) is 13.8 Å². The molecule has 0 bridgehead atoms. The van der Waals surface area contributed by atoms with Gasteiger partial charge in [0, 0.05) is 25.8 Å². The Morgan fingerprint density at radius 2 is 2.00 bits per heavy atom. The van der Waals surface area contributed by atoms with Crippen LogP contribution in [0.5, 0.6) is 0 Å². The zero-order valence-electron chi connectivity index (χ0n) is 13.4. The summed E-state index contributed by atoms with van der Waals surface area (Å²) in [6.45, 7) is 9.82. The minimum absolute atomic E-state index is 0.0914. The highest BCUT2D eigenvalue weighted by atomic mass is 19.1. The van der Waals surface area contributed by atoms with Crippen molar-refractivity contribution in [1.29, 1.82) is 0 Å². The third-order valence-corrected chi connectivity index (χ3v) is 3.77. The number of pyridine rings is 1. The standard InChI is InChI=1S/C16H26FN3O/c1-5-12(6-2)11-20(8-4)16(21)13-9-10-19-15(14(13)17)18-7-3/h9-10,12H,5-8,11H2,1-4H3,(H,18,19). The van der Waals surface area contributed by atoms with Gasteiger partial charge in [-0.15, -0.1) is 0 Å². The number of rotatable bonds is 8. The zero-order valence-corrected chi connectivity index (χ0v) is 13.4. The van der Waals surface area contributed by atoms with Crippen LogP contribution >= 0.6 is 0 Å². The molecule has 0 spiro atoms. The van der Waals surface area contributed by atoms with Crippen LogP contribution in [0.15, 0.2) is 12.3 Å². The van der Waals surface area contributed by atoms with Crippen LogP contribution in [0.3, 0.4) is 0 Å². The van der Waals surface area contributed by atoms with Gasteiger partial charge in [-0.05, 0) is 25.8 Å². The van der Waals surface area contributed by atoms with E-state index in [1.54, 1.807) is 4.90 Å². The largest absolute Gasteiger partial charge is 0.368 e. The second-order valence-electron chi connectivity index (χ2n) is 5.08. The molecule has 0 aromatic carbocycles. The van der Waals surface area contributed by atoms with Crippen molar-refractivity contribution in [2.24, 2.45) is 5.92 Å². The second-order valence-corrected chi connectivity index (χ2v) is 5.08. The molecule has 0 saturated carbocycles. The molecule has 4 nitrogen and oxygen atoms in total. The lowest BCUT2D eigenvalue weighted by Crippen LogP contribution is -2.35. The first-order valence-electron chi connectivity index (χ1n) is 7.76. The summed E-state index contributed by atoms with van der Waals surface area (Å²) in [7, 11) is 0. The Bertz CT molecular complexity index is 461. The highest BCUT2D eigenvalue weighted by Gasteiger charge is 2.22. The Morgan fingerprint density at radius 1 is 1.33 bits per heavy atom. The molecular formula is C16H26FN3O. The van der Waals surface area contributed by atoms with Gasteiger partial charge in [-0.25, -0.2) is 9.37 Å². The topological polar surface area (TPSA) is 45.2 Å². The van der Waals surface area contributed by atoms with E-state index in [9.17, 15) is 9.18 Å². The monoisotopic (exact) mass is 295 g/mol. The number of amides is 1. The molecule has 1 amide bonds. The Labute approximate surface area is 126 Å². The van der Waals surface area contributed by atoms with Crippen molar-refractivity contribution in [3.63, 3.8) is 0 Å². The van der Waals surface area contributed by atoms with Crippen molar-refractivity contribution >= 4 is 11.7 Å². The smallest absolute Gasteiger partial charge is 0.257 e. The summed E-state index contributed by atoms with van der Waals surface area (Å²) in [5.74, 6) is -0.232. The van der Waals surface area contributed by atoms with Crippen molar-refractivity contribution in [2.45, 2.75) is 40.5 Å². The maximum atomic E-state index is 14.3. The van der Waals surface area contributed by atoms with Gasteiger partial charge < -0.3 is 10.2 Å². The van der Waals surface area contributed by atoms with Crippen molar-refractivity contribution in [3.05, 3.63) is 23.6 Å². The van der Waals surface area contributed by atoms with E-state index in [1.165, 1.54) is 12.3 Å². The predicted octanol–water partition coefficient (Wildman–Crippen LogP) is 3.55. The zero-order chi connectivity index (χ0) is 15.8. The van der Waals surface area contributed by atoms with Gasteiger partial charge in [-0.2, -0.15) is 0 Å². The summed E-state index contributed by atoms with van der Waals surface area (Å²) in [5.41, 5.74) is 0.0914. The molecule has 0 aliphatic carbocycles. The number of nitrogens with one attached hydrogen (secondary N) is 1. The van der Waals surface area contributed by atoms with Gasteiger partial charge in [0.1, 0.15) is 0 Å². The van der Waals surface area contributed by atoms with Crippen molar-refractivity contribution in [1.82, 2.24) is 9.88 Å². The summed E-state index contributed by atoms with van der Waals surface area (Å²) in [6.07, 6.45) is 3.50. The highest BCUT2D eigenvalue weighted by Crippen LogP contribution is 2.18. The second kappa shape index (κ2) is 8.60. The van der Waals surface area contributed by atoms with Gasteiger partial charge in [0.05, 0.1) is 5.56 Å². The lowest BCUT2D eigenvalue weighted by molar-refractivity contribution is 0.0730. The quantitative estimate of drug-likeness (QED) is 0.797. The summed E-state index contributed by atoms with van der Waals surface area (Å²) in [6, 6.07) is 1.45. The average Bonchev–Trinajstić information content (AvgIpc) is 2.50. The molecule has 1 heterocycles. The van der Waals surface area contributed by atoms with Crippen LogP contribution in [0.2, 0.25) is 0 Å². The molecule has 0 radical (unpaired) electrons. The molecule has 0 unspecified atom stereocenters. The fourth-order valence-electron chi connectivity index (χ4n) is 2.28. The Hall–Kier alpha value is -1.65. The number of aromatic nitrogens is 1. The number of halogens is 1. The Balaban J connectivity index is 2.97. The fourth-order valence-corrected chi connectivity index (χ4v) is 2.28. The molecule has 5 heteroatoms. The van der Waals surface area contributed by atoms with Crippen molar-refractivity contribution in [2.75, 3.05) is 25.0 Å². The van der Waals surface area contributed by atoms with E-state index in [0.717, 1.165) is 12.8 Å². The van der Waals surface area contributed by atoms with Crippen LogP contribution in [0.4, 0.5) is 10.2 Å². The van der Waals surface area contributed by atoms with Gasteiger partial charge in [0.25, 0.3) is 5.91 Å². The normalized spacial score (nSPS) is 10.8. The number of nitrogens with zero attached hydrogens (tertiary/aromatic N) is 2. The fraction of sp³-hybridized carbons (Fsp3) is 0.625. The average molecular weight is 295 g/mol. The van der Waals surface area contributed by atoms with Crippen LogP contribution in [0, 0.1) is 11.7 Å². The summed E-state index contributed by atoms with van der Waals surface area (Å²) in [4.78, 5) is 18.2. The molecule has 1 aromatic rings. The SMILES string of the molecule is CCNc1nccc(C(=O)N(CC)CC(CC)CC)c1F. The molecule has 21 heavy (non-hydrogen) atoms. The molecule has 1 rings (SSSR count). The number of hydrogen-bond acceptors (Lipinski definition) is 3. The Morgan fingerprint density at radius 3 is 2.52 bits per heavy atom. The number of anilines is 1. The third kappa shape index (κ3) is 4.41. The van der Waals surface area contributed by atoms with Crippen molar-refractivity contribution in [3.8, 4) is 0 Å². The molecule has 0 aliphatic rings. The van der Waals surface area contributed by atoms with E-state index in [2.05, 4.69) is 24.1 Å². The molecular weight excluding hydrogens is 269 g/mol. The van der Waals surface area contributed by atoms with Crippen LogP contribution in [-0.4, -0.2) is 35.4 Å². The molecule has 1 aromatic heterocycles. The molecule has 0 atom stereocenters. The van der Waals surface area contributed by atoms with Crippen LogP contribution in [0.25, 0.3) is 0 Å². The lowest BCUT2D eigenvalue weighted by Gasteiger charge is -2.25. The molecule has 118 valence electrons. The maximum absolute atomic E-state index is 14.3. The van der Waals surface area contributed by atoms with Crippen LogP contribution in [0.1, 0.15) is 50.9 Å². The first-order valence-corrected chi connectivity index (χ1v) is 7.76. The van der Waals surface area contributed by atoms with E-state index >= 15 is 0 Å². The summed E-state index contributed by atoms with van der Waals surface area (Å²) >= 11 is 0. The van der Waals surface area contributed by atoms with Gasteiger partial charge in [-0.1, -0.05) is 26.7 Å². The minimum Gasteiger partial charge on any atom is -0.368 e. The highest BCUT2D eigenvalue weighted by molar-refractivity contribution is 5.95. The van der Waals surface area contributed by atoms with E-state index < -0.39 is 5.82 Å².